The van der Waals surface area contributed by atoms with Gasteiger partial charge in [-0.25, -0.2) is 9.97 Å². The van der Waals surface area contributed by atoms with E-state index in [-0.39, 0.29) is 12.1 Å². The highest BCUT2D eigenvalue weighted by Gasteiger charge is 2.35. The molecule has 2 aromatic rings. The van der Waals surface area contributed by atoms with Gasteiger partial charge in [0.15, 0.2) is 0 Å². The van der Waals surface area contributed by atoms with Crippen molar-refractivity contribution in [2.24, 2.45) is 7.05 Å². The summed E-state index contributed by atoms with van der Waals surface area (Å²) in [5, 5.41) is 3.46. The van der Waals surface area contributed by atoms with E-state index in [0.29, 0.717) is 6.54 Å². The zero-order valence-electron chi connectivity index (χ0n) is 15.7. The molecule has 3 heterocycles. The van der Waals surface area contributed by atoms with Crippen molar-refractivity contribution >= 4 is 5.82 Å². The van der Waals surface area contributed by atoms with Crippen LogP contribution >= 0.6 is 0 Å². The molecule has 2 aliphatic rings. The third-order valence-corrected chi connectivity index (χ3v) is 5.48. The Bertz CT molecular complexity index is 745. The molecular formula is C19H28N6O. The number of anilines is 1. The van der Waals surface area contributed by atoms with Gasteiger partial charge in [0.25, 0.3) is 0 Å². The Kier molecular flexibility index (Phi) is 5.17. The fourth-order valence-electron chi connectivity index (χ4n) is 4.04. The van der Waals surface area contributed by atoms with Crippen LogP contribution in [-0.4, -0.2) is 56.8 Å². The molecular weight excluding hydrogens is 328 g/mol. The summed E-state index contributed by atoms with van der Waals surface area (Å²) in [6, 6.07) is 0.145. The van der Waals surface area contributed by atoms with E-state index in [9.17, 15) is 0 Å². The number of ether oxygens (including phenoxy) is 1. The van der Waals surface area contributed by atoms with Gasteiger partial charge in [-0.05, 0) is 32.2 Å². The van der Waals surface area contributed by atoms with Gasteiger partial charge in [-0.15, -0.1) is 0 Å². The molecule has 1 N–H and O–H groups in total. The first-order valence-corrected chi connectivity index (χ1v) is 9.67. The summed E-state index contributed by atoms with van der Waals surface area (Å²) >= 11 is 0. The highest BCUT2D eigenvalue weighted by atomic mass is 16.5. The number of imidazole rings is 1. The lowest BCUT2D eigenvalue weighted by molar-refractivity contribution is -0.0675. The maximum absolute atomic E-state index is 6.13. The maximum atomic E-state index is 6.13. The molecule has 0 aromatic carbocycles. The van der Waals surface area contributed by atoms with Crippen molar-refractivity contribution < 1.29 is 4.74 Å². The topological polar surface area (TPSA) is 68.1 Å². The Labute approximate surface area is 154 Å². The molecule has 7 heteroatoms. The molecule has 4 rings (SSSR count). The number of morpholine rings is 1. The molecule has 1 saturated heterocycles. The number of rotatable bonds is 5. The van der Waals surface area contributed by atoms with E-state index in [0.717, 1.165) is 49.9 Å². The summed E-state index contributed by atoms with van der Waals surface area (Å²) < 4.78 is 8.22. The predicted molar refractivity (Wildman–Crippen MR) is 100 cm³/mol. The van der Waals surface area contributed by atoms with Gasteiger partial charge < -0.3 is 14.6 Å². The van der Waals surface area contributed by atoms with Crippen molar-refractivity contribution in [2.45, 2.75) is 44.8 Å². The molecule has 0 amide bonds. The number of aromatic nitrogens is 4. The van der Waals surface area contributed by atoms with Crippen LogP contribution in [0, 0.1) is 0 Å². The number of hydrogen-bond acceptors (Lipinski definition) is 6. The van der Waals surface area contributed by atoms with Crippen LogP contribution in [-0.2, 0) is 24.6 Å². The van der Waals surface area contributed by atoms with E-state index in [1.807, 2.05) is 25.6 Å². The monoisotopic (exact) mass is 356 g/mol. The second-order valence-corrected chi connectivity index (χ2v) is 7.12. The number of nitrogens with zero attached hydrogens (tertiary/aromatic N) is 5. The number of fused-ring (bicyclic) bond motifs is 1. The third kappa shape index (κ3) is 3.46. The zero-order chi connectivity index (χ0) is 17.9. The molecule has 0 unspecified atom stereocenters. The van der Waals surface area contributed by atoms with E-state index in [2.05, 4.69) is 31.7 Å². The molecule has 7 nitrogen and oxygen atoms in total. The minimum atomic E-state index is 0.0302. The van der Waals surface area contributed by atoms with Crippen molar-refractivity contribution in [3.63, 3.8) is 0 Å². The average molecular weight is 356 g/mol. The Hall–Kier alpha value is -1.99. The van der Waals surface area contributed by atoms with Gasteiger partial charge in [-0.3, -0.25) is 9.88 Å². The Balaban J connectivity index is 1.49. The van der Waals surface area contributed by atoms with Gasteiger partial charge in [0.2, 0.25) is 0 Å². The summed E-state index contributed by atoms with van der Waals surface area (Å²) in [5.41, 5.74) is 2.32. The molecule has 2 atom stereocenters. The zero-order valence-corrected chi connectivity index (χ0v) is 15.7. The van der Waals surface area contributed by atoms with Crippen LogP contribution in [0.15, 0.2) is 18.6 Å². The van der Waals surface area contributed by atoms with Gasteiger partial charge in [0, 0.05) is 32.5 Å². The Morgan fingerprint density at radius 2 is 2.08 bits per heavy atom. The van der Waals surface area contributed by atoms with E-state index in [4.69, 9.17) is 9.72 Å². The van der Waals surface area contributed by atoms with Crippen molar-refractivity contribution in [3.8, 4) is 0 Å². The van der Waals surface area contributed by atoms with Gasteiger partial charge in [0.1, 0.15) is 11.6 Å². The maximum Gasteiger partial charge on any atom is 0.144 e. The normalized spacial score (nSPS) is 23.6. The molecule has 0 spiro atoms. The number of likely N-dealkylation sites (N-methyl/N-ethyl adjacent to an activating group) is 1. The summed E-state index contributed by atoms with van der Waals surface area (Å²) in [7, 11) is 2.05. The summed E-state index contributed by atoms with van der Waals surface area (Å²) in [6.07, 6.45) is 10.3. The predicted octanol–water partition coefficient (Wildman–Crippen LogP) is 1.96. The minimum Gasteiger partial charge on any atom is -0.373 e. The Morgan fingerprint density at radius 1 is 1.23 bits per heavy atom. The van der Waals surface area contributed by atoms with Crippen LogP contribution in [0.3, 0.4) is 0 Å². The first-order valence-electron chi connectivity index (χ1n) is 9.67. The molecule has 1 aliphatic carbocycles. The fraction of sp³-hybridized carbons (Fsp3) is 0.632. The lowest BCUT2D eigenvalue weighted by atomic mass is 10.0. The van der Waals surface area contributed by atoms with Gasteiger partial charge in [0.05, 0.1) is 36.3 Å². The fourth-order valence-corrected chi connectivity index (χ4v) is 4.04. The number of nitrogens with one attached hydrogen (secondary N) is 1. The van der Waals surface area contributed by atoms with Gasteiger partial charge >= 0.3 is 0 Å². The molecule has 1 aliphatic heterocycles. The van der Waals surface area contributed by atoms with Gasteiger partial charge in [-0.1, -0.05) is 6.92 Å². The highest BCUT2D eigenvalue weighted by Crippen LogP contribution is 2.28. The standard InChI is InChI=1S/C19H28N6O/c1-3-25-10-11-26-16(18(25)19-20-8-9-24(19)2)12-22-17-13-21-14-6-4-5-7-15(14)23-17/h8-9,13,16,18H,3-7,10-12H2,1-2H3,(H,22,23)/t16-,18+/m0/s1. The Morgan fingerprint density at radius 3 is 2.85 bits per heavy atom. The molecule has 1 fully saturated rings. The number of aryl methyl sites for hydroxylation is 3. The largest absolute Gasteiger partial charge is 0.373 e. The summed E-state index contributed by atoms with van der Waals surface area (Å²) in [4.78, 5) is 16.4. The first kappa shape index (κ1) is 17.4. The van der Waals surface area contributed by atoms with Crippen LogP contribution < -0.4 is 5.32 Å². The average Bonchev–Trinajstić information content (AvgIpc) is 3.11. The van der Waals surface area contributed by atoms with Crippen LogP contribution in [0.2, 0.25) is 0 Å². The summed E-state index contributed by atoms with van der Waals surface area (Å²) in [5.74, 6) is 1.90. The van der Waals surface area contributed by atoms with Crippen molar-refractivity contribution in [2.75, 3.05) is 31.6 Å². The molecule has 0 bridgehead atoms. The van der Waals surface area contributed by atoms with Crippen LogP contribution in [0.1, 0.15) is 43.0 Å². The van der Waals surface area contributed by atoms with Crippen LogP contribution in [0.5, 0.6) is 0 Å². The second-order valence-electron chi connectivity index (χ2n) is 7.12. The van der Waals surface area contributed by atoms with E-state index in [1.54, 1.807) is 0 Å². The summed E-state index contributed by atoms with van der Waals surface area (Å²) in [6.45, 7) is 5.55. The molecule has 0 saturated carbocycles. The first-order chi connectivity index (χ1) is 12.8. The van der Waals surface area contributed by atoms with Crippen LogP contribution in [0.4, 0.5) is 5.82 Å². The highest BCUT2D eigenvalue weighted by molar-refractivity contribution is 5.35. The SMILES string of the molecule is CCN1CCO[C@@H](CNc2cnc3c(n2)CCCC3)[C@@H]1c1nccn1C. The smallest absolute Gasteiger partial charge is 0.144 e. The lowest BCUT2D eigenvalue weighted by Crippen LogP contribution is -2.48. The van der Waals surface area contributed by atoms with E-state index < -0.39 is 0 Å². The van der Waals surface area contributed by atoms with E-state index in [1.165, 1.54) is 18.5 Å². The van der Waals surface area contributed by atoms with Crippen molar-refractivity contribution in [1.82, 2.24) is 24.4 Å². The molecule has 26 heavy (non-hydrogen) atoms. The number of hydrogen-bond donors (Lipinski definition) is 1. The quantitative estimate of drug-likeness (QED) is 0.883. The molecule has 2 aromatic heterocycles. The molecule has 140 valence electrons. The van der Waals surface area contributed by atoms with E-state index >= 15 is 0 Å². The van der Waals surface area contributed by atoms with Crippen LogP contribution in [0.25, 0.3) is 0 Å². The third-order valence-electron chi connectivity index (χ3n) is 5.48. The lowest BCUT2D eigenvalue weighted by Gasteiger charge is -2.40. The van der Waals surface area contributed by atoms with Crippen molar-refractivity contribution in [1.29, 1.82) is 0 Å². The van der Waals surface area contributed by atoms with Crippen molar-refractivity contribution in [3.05, 3.63) is 35.8 Å². The minimum absolute atomic E-state index is 0.0302. The van der Waals surface area contributed by atoms with Gasteiger partial charge in [-0.2, -0.15) is 0 Å². The second kappa shape index (κ2) is 7.72. The molecule has 0 radical (unpaired) electrons.